The number of allylic oxidation sites excluding steroid dienone is 1. The quantitative estimate of drug-likeness (QED) is 0.432. The third-order valence-electron chi connectivity index (χ3n) is 4.22. The Kier molecular flexibility index (Phi) is 5.75. The van der Waals surface area contributed by atoms with E-state index in [1.165, 1.54) is 39.5 Å². The number of benzene rings is 2. The summed E-state index contributed by atoms with van der Waals surface area (Å²) in [6.45, 7) is 0. The zero-order valence-corrected chi connectivity index (χ0v) is 16.8. The number of hydrogen-bond donors (Lipinski definition) is 1. The van der Waals surface area contributed by atoms with Crippen LogP contribution in [0.1, 0.15) is 16.1 Å². The van der Waals surface area contributed by atoms with Crippen molar-refractivity contribution in [1.82, 2.24) is 4.98 Å². The predicted octanol–water partition coefficient (Wildman–Crippen LogP) is 5.29. The molecule has 0 radical (unpaired) electrons. The van der Waals surface area contributed by atoms with Gasteiger partial charge in [-0.3, -0.25) is 0 Å². The molecule has 0 aliphatic rings. The van der Waals surface area contributed by atoms with E-state index in [1.807, 2.05) is 6.07 Å². The Labute approximate surface area is 173 Å². The number of methoxy groups -OCH3 is 3. The number of aliphatic hydroxyl groups is 1. The molecule has 1 heterocycles. The van der Waals surface area contributed by atoms with E-state index in [1.54, 1.807) is 0 Å². The standard InChI is InChI=1S/C20H15F3N2O4S/c1-27-14-6-10(7-15(28-2)18(14)29-3)17(26)12(9-24)19-25-13-8-11(20(21,22)23)4-5-16(13)30-19/h4-8,26H,1-3H3. The van der Waals surface area contributed by atoms with Crippen molar-refractivity contribution in [2.24, 2.45) is 0 Å². The highest BCUT2D eigenvalue weighted by atomic mass is 32.1. The van der Waals surface area contributed by atoms with E-state index in [0.717, 1.165) is 23.5 Å². The molecule has 3 rings (SSSR count). The van der Waals surface area contributed by atoms with Gasteiger partial charge in [-0.25, -0.2) is 4.98 Å². The minimum absolute atomic E-state index is 0.0790. The van der Waals surface area contributed by atoms with E-state index in [9.17, 15) is 23.5 Å². The molecule has 0 fully saturated rings. The van der Waals surface area contributed by atoms with Crippen LogP contribution in [-0.2, 0) is 6.18 Å². The lowest BCUT2D eigenvalue weighted by molar-refractivity contribution is -0.137. The molecule has 2 aromatic carbocycles. The van der Waals surface area contributed by atoms with Crippen LogP contribution in [0.4, 0.5) is 13.2 Å². The summed E-state index contributed by atoms with van der Waals surface area (Å²) >= 11 is 0.994. The molecule has 0 unspecified atom stereocenters. The van der Waals surface area contributed by atoms with Crippen molar-refractivity contribution >= 4 is 32.9 Å². The summed E-state index contributed by atoms with van der Waals surface area (Å²) < 4.78 is 55.0. The Morgan fingerprint density at radius 1 is 1.07 bits per heavy atom. The zero-order valence-electron chi connectivity index (χ0n) is 16.0. The summed E-state index contributed by atoms with van der Waals surface area (Å²) in [6.07, 6.45) is -4.51. The van der Waals surface area contributed by atoms with Gasteiger partial charge in [-0.15, -0.1) is 11.3 Å². The molecule has 0 aliphatic carbocycles. The van der Waals surface area contributed by atoms with Gasteiger partial charge in [0, 0.05) is 5.56 Å². The summed E-state index contributed by atoms with van der Waals surface area (Å²) in [6, 6.07) is 7.89. The second kappa shape index (κ2) is 8.12. The Hall–Kier alpha value is -3.45. The first-order valence-corrected chi connectivity index (χ1v) is 9.17. The molecule has 0 saturated carbocycles. The number of rotatable bonds is 5. The van der Waals surface area contributed by atoms with E-state index in [2.05, 4.69) is 4.98 Å². The van der Waals surface area contributed by atoms with Crippen LogP contribution < -0.4 is 14.2 Å². The molecule has 10 heteroatoms. The molecule has 1 N–H and O–H groups in total. The number of nitrogens with zero attached hydrogens (tertiary/aromatic N) is 2. The highest BCUT2D eigenvalue weighted by Crippen LogP contribution is 2.41. The summed E-state index contributed by atoms with van der Waals surface area (Å²) in [4.78, 5) is 4.11. The maximum Gasteiger partial charge on any atom is 0.416 e. The molecule has 0 atom stereocenters. The van der Waals surface area contributed by atoms with Crippen LogP contribution in [0.25, 0.3) is 21.5 Å². The summed E-state index contributed by atoms with van der Waals surface area (Å²) in [5, 5.41) is 20.4. The number of halogens is 3. The molecule has 6 nitrogen and oxygen atoms in total. The number of ether oxygens (including phenoxy) is 3. The van der Waals surface area contributed by atoms with Crippen LogP contribution in [0.3, 0.4) is 0 Å². The topological polar surface area (TPSA) is 84.6 Å². The molecule has 30 heavy (non-hydrogen) atoms. The Morgan fingerprint density at radius 3 is 2.20 bits per heavy atom. The number of aromatic nitrogens is 1. The average molecular weight is 436 g/mol. The fraction of sp³-hybridized carbons (Fsp3) is 0.200. The van der Waals surface area contributed by atoms with Crippen LogP contribution in [0.5, 0.6) is 17.2 Å². The molecular weight excluding hydrogens is 421 g/mol. The van der Waals surface area contributed by atoms with Gasteiger partial charge in [0.05, 0.1) is 37.1 Å². The number of hydrogen-bond acceptors (Lipinski definition) is 7. The monoisotopic (exact) mass is 436 g/mol. The zero-order chi connectivity index (χ0) is 22.1. The first kappa shape index (κ1) is 21.3. The van der Waals surface area contributed by atoms with E-state index >= 15 is 0 Å². The molecule has 0 spiro atoms. The number of fused-ring (bicyclic) bond motifs is 1. The molecule has 156 valence electrons. The Morgan fingerprint density at radius 2 is 1.70 bits per heavy atom. The SMILES string of the molecule is COc1cc(C(O)=C(C#N)c2nc3cc(C(F)(F)F)ccc3s2)cc(OC)c1OC. The van der Waals surface area contributed by atoms with Crippen LogP contribution in [0.2, 0.25) is 0 Å². The predicted molar refractivity (Wildman–Crippen MR) is 106 cm³/mol. The van der Waals surface area contributed by atoms with Gasteiger partial charge in [-0.2, -0.15) is 18.4 Å². The van der Waals surface area contributed by atoms with Gasteiger partial charge >= 0.3 is 6.18 Å². The molecule has 3 aromatic rings. The lowest BCUT2D eigenvalue weighted by Crippen LogP contribution is -2.03. The fourth-order valence-corrected chi connectivity index (χ4v) is 3.72. The molecular formula is C20H15F3N2O4S. The van der Waals surface area contributed by atoms with Gasteiger partial charge in [-0.05, 0) is 30.3 Å². The van der Waals surface area contributed by atoms with Crippen molar-refractivity contribution in [3.8, 4) is 23.3 Å². The average Bonchev–Trinajstić information content (AvgIpc) is 3.15. The van der Waals surface area contributed by atoms with Crippen molar-refractivity contribution in [3.63, 3.8) is 0 Å². The van der Waals surface area contributed by atoms with Crippen LogP contribution in [0.15, 0.2) is 30.3 Å². The highest BCUT2D eigenvalue weighted by molar-refractivity contribution is 7.19. The minimum atomic E-state index is -4.51. The van der Waals surface area contributed by atoms with Gasteiger partial charge in [-0.1, -0.05) is 0 Å². The van der Waals surface area contributed by atoms with Gasteiger partial charge in [0.2, 0.25) is 5.75 Å². The van der Waals surface area contributed by atoms with E-state index in [-0.39, 0.29) is 33.2 Å². The number of thiazole rings is 1. The van der Waals surface area contributed by atoms with E-state index in [0.29, 0.717) is 10.4 Å². The number of alkyl halides is 3. The summed E-state index contributed by atoms with van der Waals surface area (Å²) in [5.41, 5.74) is -0.770. The first-order chi connectivity index (χ1) is 14.2. The number of aliphatic hydroxyl groups excluding tert-OH is 1. The fourth-order valence-electron chi connectivity index (χ4n) is 2.77. The molecule has 0 aliphatic heterocycles. The Bertz CT molecular complexity index is 1150. The van der Waals surface area contributed by atoms with Gasteiger partial charge < -0.3 is 19.3 Å². The lowest BCUT2D eigenvalue weighted by Gasteiger charge is -2.14. The largest absolute Gasteiger partial charge is 0.506 e. The van der Waals surface area contributed by atoms with Crippen LogP contribution in [-0.4, -0.2) is 31.4 Å². The molecule has 1 aromatic heterocycles. The van der Waals surface area contributed by atoms with Crippen molar-refractivity contribution in [2.75, 3.05) is 21.3 Å². The summed E-state index contributed by atoms with van der Waals surface area (Å²) in [5.74, 6) is 0.395. The van der Waals surface area contributed by atoms with Crippen molar-refractivity contribution < 1.29 is 32.5 Å². The smallest absolute Gasteiger partial charge is 0.416 e. The molecule has 0 amide bonds. The minimum Gasteiger partial charge on any atom is -0.506 e. The molecule has 0 saturated heterocycles. The third-order valence-corrected chi connectivity index (χ3v) is 5.27. The highest BCUT2D eigenvalue weighted by Gasteiger charge is 2.31. The normalized spacial score (nSPS) is 12.3. The van der Waals surface area contributed by atoms with Crippen molar-refractivity contribution in [2.45, 2.75) is 6.18 Å². The van der Waals surface area contributed by atoms with Gasteiger partial charge in [0.15, 0.2) is 11.5 Å². The van der Waals surface area contributed by atoms with Crippen LogP contribution >= 0.6 is 11.3 Å². The second-order valence-electron chi connectivity index (χ2n) is 5.95. The van der Waals surface area contributed by atoms with Crippen molar-refractivity contribution in [1.29, 1.82) is 5.26 Å². The van der Waals surface area contributed by atoms with Crippen LogP contribution in [0, 0.1) is 11.3 Å². The maximum atomic E-state index is 12.9. The van der Waals surface area contributed by atoms with E-state index in [4.69, 9.17) is 14.2 Å². The maximum absolute atomic E-state index is 12.9. The lowest BCUT2D eigenvalue weighted by atomic mass is 10.1. The van der Waals surface area contributed by atoms with Gasteiger partial charge in [0.1, 0.15) is 22.4 Å². The third kappa shape index (κ3) is 3.84. The second-order valence-corrected chi connectivity index (χ2v) is 6.98. The summed E-state index contributed by atoms with van der Waals surface area (Å²) in [7, 11) is 4.23. The van der Waals surface area contributed by atoms with Crippen molar-refractivity contribution in [3.05, 3.63) is 46.5 Å². The molecule has 0 bridgehead atoms. The Balaban J connectivity index is 2.16. The first-order valence-electron chi connectivity index (χ1n) is 8.35. The van der Waals surface area contributed by atoms with Gasteiger partial charge in [0.25, 0.3) is 0 Å². The van der Waals surface area contributed by atoms with E-state index < -0.39 is 17.5 Å². The number of nitriles is 1.